The van der Waals surface area contributed by atoms with Crippen molar-refractivity contribution in [1.29, 1.82) is 0 Å². The molecule has 1 aromatic carbocycles. The number of hydrogen-bond donors (Lipinski definition) is 3. The maximum absolute atomic E-state index is 11.1. The van der Waals surface area contributed by atoms with Crippen LogP contribution in [0.15, 0.2) is 16.6 Å². The zero-order chi connectivity index (χ0) is 12.6. The van der Waals surface area contributed by atoms with Crippen molar-refractivity contribution in [2.45, 2.75) is 25.3 Å². The number of carboxylic acid groups (broad SMARTS) is 1. The molecule has 0 saturated heterocycles. The van der Waals surface area contributed by atoms with Gasteiger partial charge in [0.1, 0.15) is 5.75 Å². The van der Waals surface area contributed by atoms with Crippen LogP contribution in [0.2, 0.25) is 0 Å². The van der Waals surface area contributed by atoms with E-state index in [-0.39, 0.29) is 23.7 Å². The second kappa shape index (κ2) is 5.91. The number of aromatic hydroxyl groups is 1. The van der Waals surface area contributed by atoms with Crippen LogP contribution in [0.25, 0.3) is 0 Å². The first-order valence-electron chi connectivity index (χ1n) is 5.51. The first-order chi connectivity index (χ1) is 8.00. The second-order valence-corrected chi connectivity index (χ2v) is 5.30. The summed E-state index contributed by atoms with van der Waals surface area (Å²) < 4.78 is 0.476. The van der Waals surface area contributed by atoms with Crippen LogP contribution in [-0.4, -0.2) is 16.2 Å². The lowest BCUT2D eigenvalue weighted by atomic mass is 9.96. The molecule has 0 aromatic heterocycles. The molecule has 1 aliphatic rings. The highest BCUT2D eigenvalue weighted by Gasteiger charge is 2.28. The maximum atomic E-state index is 11.1. The number of benzene rings is 1. The number of nitrogens with two attached hydrogens (primary N) is 1. The summed E-state index contributed by atoms with van der Waals surface area (Å²) in [6.07, 6.45) is 3.01. The Balaban J connectivity index is 0.00000162. The largest absolute Gasteiger partial charge is 0.506 e. The lowest BCUT2D eigenvalue weighted by Gasteiger charge is -2.16. The third-order valence-corrected chi connectivity index (χ3v) is 3.69. The summed E-state index contributed by atoms with van der Waals surface area (Å²) in [7, 11) is 0. The molecule has 4 N–H and O–H groups in total. The van der Waals surface area contributed by atoms with Gasteiger partial charge < -0.3 is 15.9 Å². The Labute approximate surface area is 120 Å². The van der Waals surface area contributed by atoms with Gasteiger partial charge in [-0.25, -0.2) is 4.79 Å². The van der Waals surface area contributed by atoms with E-state index >= 15 is 0 Å². The predicted octanol–water partition coefficient (Wildman–Crippen LogP) is 3.07. The summed E-state index contributed by atoms with van der Waals surface area (Å²) in [5.41, 5.74) is 6.41. The molecular formula is C12H15BrClNO3. The van der Waals surface area contributed by atoms with E-state index in [1.54, 1.807) is 0 Å². The topological polar surface area (TPSA) is 83.6 Å². The van der Waals surface area contributed by atoms with E-state index in [1.807, 2.05) is 0 Å². The maximum Gasteiger partial charge on any atom is 0.336 e. The van der Waals surface area contributed by atoms with Crippen molar-refractivity contribution in [2.24, 2.45) is 11.7 Å². The Morgan fingerprint density at radius 3 is 2.61 bits per heavy atom. The highest BCUT2D eigenvalue weighted by Crippen LogP contribution is 2.41. The van der Waals surface area contributed by atoms with Crippen molar-refractivity contribution in [1.82, 2.24) is 0 Å². The Morgan fingerprint density at radius 1 is 1.50 bits per heavy atom. The monoisotopic (exact) mass is 335 g/mol. The SMILES string of the molecule is Cl.N[C@@H](CC1CC1)c1c(C(=O)O)ccc(Br)c1O. The van der Waals surface area contributed by atoms with Crippen LogP contribution in [0.3, 0.4) is 0 Å². The van der Waals surface area contributed by atoms with E-state index in [1.165, 1.54) is 12.1 Å². The van der Waals surface area contributed by atoms with Crippen LogP contribution in [0, 0.1) is 5.92 Å². The Bertz CT molecular complexity index is 463. The van der Waals surface area contributed by atoms with Crippen LogP contribution in [0.4, 0.5) is 0 Å². The predicted molar refractivity (Wildman–Crippen MR) is 74.3 cm³/mol. The summed E-state index contributed by atoms with van der Waals surface area (Å²) in [6, 6.07) is 2.56. The Morgan fingerprint density at radius 2 is 2.11 bits per heavy atom. The van der Waals surface area contributed by atoms with Gasteiger partial charge in [0.2, 0.25) is 0 Å². The fourth-order valence-electron chi connectivity index (χ4n) is 1.97. The lowest BCUT2D eigenvalue weighted by molar-refractivity contribution is 0.0694. The molecule has 0 radical (unpaired) electrons. The molecule has 0 aliphatic heterocycles. The highest BCUT2D eigenvalue weighted by atomic mass is 79.9. The molecular weight excluding hydrogens is 321 g/mol. The second-order valence-electron chi connectivity index (χ2n) is 4.45. The number of phenolic OH excluding ortho intramolecular Hbond substituents is 1. The fraction of sp³-hybridized carbons (Fsp3) is 0.417. The molecule has 1 saturated carbocycles. The quantitative estimate of drug-likeness (QED) is 0.789. The van der Waals surface area contributed by atoms with Gasteiger partial charge in [0.05, 0.1) is 10.0 Å². The van der Waals surface area contributed by atoms with Gasteiger partial charge in [-0.2, -0.15) is 0 Å². The number of hydrogen-bond acceptors (Lipinski definition) is 3. The average molecular weight is 337 g/mol. The van der Waals surface area contributed by atoms with Gasteiger partial charge in [-0.1, -0.05) is 12.8 Å². The number of halogens is 2. The smallest absolute Gasteiger partial charge is 0.336 e. The third kappa shape index (κ3) is 3.16. The van der Waals surface area contributed by atoms with E-state index < -0.39 is 12.0 Å². The number of aromatic carboxylic acids is 1. The Hall–Kier alpha value is -0.780. The number of carboxylic acids is 1. The van der Waals surface area contributed by atoms with Crippen molar-refractivity contribution in [3.63, 3.8) is 0 Å². The molecule has 1 aliphatic carbocycles. The molecule has 0 amide bonds. The minimum atomic E-state index is -1.06. The fourth-order valence-corrected chi connectivity index (χ4v) is 2.32. The number of carbonyl (C=O) groups is 1. The molecule has 0 unspecified atom stereocenters. The average Bonchev–Trinajstić information content (AvgIpc) is 3.05. The van der Waals surface area contributed by atoms with Gasteiger partial charge >= 0.3 is 5.97 Å². The van der Waals surface area contributed by atoms with Crippen molar-refractivity contribution < 1.29 is 15.0 Å². The molecule has 18 heavy (non-hydrogen) atoms. The van der Waals surface area contributed by atoms with E-state index in [0.717, 1.165) is 19.3 Å². The van der Waals surface area contributed by atoms with Crippen molar-refractivity contribution in [3.05, 3.63) is 27.7 Å². The van der Waals surface area contributed by atoms with Crippen molar-refractivity contribution in [2.75, 3.05) is 0 Å². The summed E-state index contributed by atoms with van der Waals surface area (Å²) in [4.78, 5) is 11.1. The minimum absolute atomic E-state index is 0. The highest BCUT2D eigenvalue weighted by molar-refractivity contribution is 9.10. The van der Waals surface area contributed by atoms with Crippen LogP contribution in [-0.2, 0) is 0 Å². The molecule has 1 atom stereocenters. The van der Waals surface area contributed by atoms with E-state index in [4.69, 9.17) is 10.8 Å². The number of phenols is 1. The van der Waals surface area contributed by atoms with Crippen LogP contribution >= 0.6 is 28.3 Å². The van der Waals surface area contributed by atoms with Gasteiger partial charge in [0.25, 0.3) is 0 Å². The molecule has 6 heteroatoms. The first kappa shape index (κ1) is 15.3. The molecule has 0 bridgehead atoms. The van der Waals surface area contributed by atoms with E-state index in [0.29, 0.717) is 16.0 Å². The lowest BCUT2D eigenvalue weighted by Crippen LogP contribution is -2.16. The van der Waals surface area contributed by atoms with Gasteiger partial charge in [0, 0.05) is 11.6 Å². The van der Waals surface area contributed by atoms with Crippen LogP contribution in [0.5, 0.6) is 5.75 Å². The molecule has 2 rings (SSSR count). The molecule has 1 aromatic rings. The minimum Gasteiger partial charge on any atom is -0.506 e. The van der Waals surface area contributed by atoms with Crippen molar-refractivity contribution in [3.8, 4) is 5.75 Å². The first-order valence-corrected chi connectivity index (χ1v) is 6.30. The zero-order valence-corrected chi connectivity index (χ0v) is 12.0. The molecule has 0 heterocycles. The van der Waals surface area contributed by atoms with E-state index in [2.05, 4.69) is 15.9 Å². The summed E-state index contributed by atoms with van der Waals surface area (Å²) in [5, 5.41) is 19.0. The Kier molecular flexibility index (Phi) is 5.01. The standard InChI is InChI=1S/C12H14BrNO3.ClH/c13-8-4-3-7(12(16)17)10(11(8)15)9(14)5-6-1-2-6;/h3-4,6,9,15H,1-2,5,14H2,(H,16,17);1H/t9-;/m0./s1. The summed E-state index contributed by atoms with van der Waals surface area (Å²) in [5.74, 6) is -0.544. The van der Waals surface area contributed by atoms with Gasteiger partial charge in [-0.15, -0.1) is 12.4 Å². The zero-order valence-electron chi connectivity index (χ0n) is 9.60. The summed E-state index contributed by atoms with van der Waals surface area (Å²) in [6.45, 7) is 0. The van der Waals surface area contributed by atoms with Gasteiger partial charge in [-0.05, 0) is 40.4 Å². The third-order valence-electron chi connectivity index (χ3n) is 3.05. The van der Waals surface area contributed by atoms with Crippen molar-refractivity contribution >= 4 is 34.3 Å². The molecule has 4 nitrogen and oxygen atoms in total. The molecule has 100 valence electrons. The van der Waals surface area contributed by atoms with Crippen LogP contribution < -0.4 is 5.73 Å². The molecule has 1 fully saturated rings. The molecule has 0 spiro atoms. The normalized spacial score (nSPS) is 15.9. The number of rotatable bonds is 4. The van der Waals surface area contributed by atoms with Gasteiger partial charge in [0.15, 0.2) is 0 Å². The van der Waals surface area contributed by atoms with E-state index in [9.17, 15) is 9.90 Å². The van der Waals surface area contributed by atoms with Crippen LogP contribution in [0.1, 0.15) is 41.2 Å². The summed E-state index contributed by atoms with van der Waals surface area (Å²) >= 11 is 3.18. The van der Waals surface area contributed by atoms with Gasteiger partial charge in [-0.3, -0.25) is 0 Å².